The number of hydrogen-bond acceptors (Lipinski definition) is 6. The molecule has 0 unspecified atom stereocenters. The molecule has 0 spiro atoms. The van der Waals surface area contributed by atoms with Crippen LogP contribution in [0.25, 0.3) is 0 Å². The molecule has 1 saturated heterocycles. The van der Waals surface area contributed by atoms with Crippen molar-refractivity contribution >= 4 is 30.0 Å². The van der Waals surface area contributed by atoms with Crippen LogP contribution in [0.2, 0.25) is 5.15 Å². The van der Waals surface area contributed by atoms with Gasteiger partial charge in [0.05, 0.1) is 11.8 Å². The third-order valence-corrected chi connectivity index (χ3v) is 2.81. The predicted octanol–water partition coefficient (Wildman–Crippen LogP) is 0.390. The normalized spacial score (nSPS) is 23.9. The summed E-state index contributed by atoms with van der Waals surface area (Å²) in [4.78, 5) is 4.17. The summed E-state index contributed by atoms with van der Waals surface area (Å²) in [6.07, 6.45) is 0.352. The molecule has 1 aliphatic rings. The third kappa shape index (κ3) is 3.92. The highest BCUT2D eigenvalue weighted by Crippen LogP contribution is 2.12. The molecule has 3 N–H and O–H groups in total. The number of hydrogen-bond donors (Lipinski definition) is 3. The lowest BCUT2D eigenvalue weighted by Gasteiger charge is -2.27. The Balaban J connectivity index is 0.00000144. The first-order valence-electron chi connectivity index (χ1n) is 5.17. The number of piperidine rings is 1. The summed E-state index contributed by atoms with van der Waals surface area (Å²) in [5.41, 5.74) is 0.642. The van der Waals surface area contributed by atoms with Gasteiger partial charge in [0, 0.05) is 19.1 Å². The maximum atomic E-state index is 9.48. The third-order valence-electron chi connectivity index (χ3n) is 2.47. The van der Waals surface area contributed by atoms with Gasteiger partial charge in [-0.15, -0.1) is 22.6 Å². The lowest BCUT2D eigenvalue weighted by molar-refractivity contribution is 0.136. The van der Waals surface area contributed by atoms with Crippen LogP contribution in [-0.4, -0.2) is 45.5 Å². The van der Waals surface area contributed by atoms with Gasteiger partial charge in [-0.05, 0) is 13.3 Å². The van der Waals surface area contributed by atoms with E-state index in [0.717, 1.165) is 6.54 Å². The van der Waals surface area contributed by atoms with Crippen LogP contribution in [0.3, 0.4) is 0 Å². The minimum Gasteiger partial charge on any atom is -0.392 e. The van der Waals surface area contributed by atoms with E-state index in [9.17, 15) is 5.11 Å². The molecule has 2 rings (SSSR count). The maximum absolute atomic E-state index is 9.48. The van der Waals surface area contributed by atoms with Crippen molar-refractivity contribution in [1.29, 1.82) is 0 Å². The van der Waals surface area contributed by atoms with E-state index in [1.54, 1.807) is 6.92 Å². The van der Waals surface area contributed by atoms with E-state index in [1.807, 2.05) is 0 Å². The number of nitrogens with zero attached hydrogens (tertiary/aromatic N) is 3. The van der Waals surface area contributed by atoms with Crippen molar-refractivity contribution in [2.75, 3.05) is 18.4 Å². The van der Waals surface area contributed by atoms with E-state index in [2.05, 4.69) is 25.8 Å². The maximum Gasteiger partial charge on any atom is 0.243 e. The summed E-state index contributed by atoms with van der Waals surface area (Å²) in [7, 11) is 0. The summed E-state index contributed by atoms with van der Waals surface area (Å²) >= 11 is 5.73. The molecule has 17 heavy (non-hydrogen) atoms. The molecule has 8 heteroatoms. The SMILES string of the molecule is Cc1nc(N[C@H]2CNC[C@@H](O)C2)nnc1Cl.Cl. The Bertz CT molecular complexity index is 378. The molecule has 0 aliphatic carbocycles. The molecule has 0 amide bonds. The summed E-state index contributed by atoms with van der Waals surface area (Å²) < 4.78 is 0. The number of halogens is 2. The molecule has 0 aromatic carbocycles. The first kappa shape index (κ1) is 14.4. The molecular weight excluding hydrogens is 265 g/mol. The average Bonchev–Trinajstić information content (AvgIpc) is 2.24. The van der Waals surface area contributed by atoms with Gasteiger partial charge in [-0.3, -0.25) is 0 Å². The predicted molar refractivity (Wildman–Crippen MR) is 67.7 cm³/mol. The summed E-state index contributed by atoms with van der Waals surface area (Å²) in [5.74, 6) is 0.447. The van der Waals surface area contributed by atoms with E-state index >= 15 is 0 Å². The summed E-state index contributed by atoms with van der Waals surface area (Å²) in [6.45, 7) is 3.19. The van der Waals surface area contributed by atoms with Crippen molar-refractivity contribution in [3.05, 3.63) is 10.8 Å². The van der Waals surface area contributed by atoms with E-state index in [-0.39, 0.29) is 24.6 Å². The minimum absolute atomic E-state index is 0. The van der Waals surface area contributed by atoms with Crippen LogP contribution < -0.4 is 10.6 Å². The second-order valence-corrected chi connectivity index (χ2v) is 4.26. The van der Waals surface area contributed by atoms with Gasteiger partial charge in [0.25, 0.3) is 0 Å². The highest BCUT2D eigenvalue weighted by atomic mass is 35.5. The number of aromatic nitrogens is 3. The second kappa shape index (κ2) is 6.30. The lowest BCUT2D eigenvalue weighted by Crippen LogP contribution is -2.46. The van der Waals surface area contributed by atoms with Crippen molar-refractivity contribution in [2.24, 2.45) is 0 Å². The number of anilines is 1. The minimum atomic E-state index is -0.326. The first-order valence-corrected chi connectivity index (χ1v) is 5.55. The second-order valence-electron chi connectivity index (χ2n) is 3.90. The van der Waals surface area contributed by atoms with Crippen molar-refractivity contribution in [3.63, 3.8) is 0 Å². The summed E-state index contributed by atoms with van der Waals surface area (Å²) in [5, 5.41) is 23.6. The number of nitrogens with one attached hydrogen (secondary N) is 2. The molecule has 6 nitrogen and oxygen atoms in total. The fraction of sp³-hybridized carbons (Fsp3) is 0.667. The van der Waals surface area contributed by atoms with Crippen LogP contribution in [0.4, 0.5) is 5.95 Å². The van der Waals surface area contributed by atoms with Crippen molar-refractivity contribution in [2.45, 2.75) is 25.5 Å². The Morgan fingerprint density at radius 2 is 2.18 bits per heavy atom. The summed E-state index contributed by atoms with van der Waals surface area (Å²) in [6, 6.07) is 0.117. The van der Waals surface area contributed by atoms with Crippen LogP contribution in [0.5, 0.6) is 0 Å². The van der Waals surface area contributed by atoms with Crippen molar-refractivity contribution in [3.8, 4) is 0 Å². The van der Waals surface area contributed by atoms with Crippen molar-refractivity contribution < 1.29 is 5.11 Å². The molecule has 96 valence electrons. The standard InChI is InChI=1S/C9H14ClN5O.ClH/c1-5-8(10)14-15-9(12-5)13-6-2-7(16)4-11-3-6;/h6-7,11,16H,2-4H2,1H3,(H,12,13,15);1H/t6-,7+;/m1./s1. The van der Waals surface area contributed by atoms with E-state index in [4.69, 9.17) is 11.6 Å². The van der Waals surface area contributed by atoms with E-state index in [1.165, 1.54) is 0 Å². The lowest BCUT2D eigenvalue weighted by atomic mass is 10.1. The van der Waals surface area contributed by atoms with Crippen LogP contribution in [0, 0.1) is 6.92 Å². The molecular formula is C9H15Cl2N5O. The van der Waals surface area contributed by atoms with Gasteiger partial charge in [-0.1, -0.05) is 11.6 Å². The number of aliphatic hydroxyl groups is 1. The monoisotopic (exact) mass is 279 g/mol. The fourth-order valence-electron chi connectivity index (χ4n) is 1.66. The van der Waals surface area contributed by atoms with Gasteiger partial charge in [-0.2, -0.15) is 0 Å². The zero-order chi connectivity index (χ0) is 11.5. The number of rotatable bonds is 2. The first-order chi connectivity index (χ1) is 7.65. The Kier molecular flexibility index (Phi) is 5.32. The Hall–Kier alpha value is -0.690. The Morgan fingerprint density at radius 3 is 2.82 bits per heavy atom. The molecule has 1 aliphatic heterocycles. The number of aliphatic hydroxyl groups excluding tert-OH is 1. The molecule has 2 atom stereocenters. The van der Waals surface area contributed by atoms with Gasteiger partial charge in [-0.25, -0.2) is 4.98 Å². The topological polar surface area (TPSA) is 83.0 Å². The molecule has 0 radical (unpaired) electrons. The van der Waals surface area contributed by atoms with Gasteiger partial charge in [0.1, 0.15) is 0 Å². The molecule has 0 bridgehead atoms. The quantitative estimate of drug-likeness (QED) is 0.727. The van der Waals surface area contributed by atoms with Gasteiger partial charge < -0.3 is 15.7 Å². The molecule has 2 heterocycles. The number of β-amino-alcohol motifs (C(OH)–C–C–N with tert-alkyl or cyclic N) is 1. The van der Waals surface area contributed by atoms with Crippen molar-refractivity contribution in [1.82, 2.24) is 20.5 Å². The van der Waals surface area contributed by atoms with Crippen LogP contribution >= 0.6 is 24.0 Å². The Labute approximate surface area is 111 Å². The van der Waals surface area contributed by atoms with Crippen LogP contribution in [0.1, 0.15) is 12.1 Å². The Morgan fingerprint density at radius 1 is 1.41 bits per heavy atom. The molecule has 1 fully saturated rings. The van der Waals surface area contributed by atoms with E-state index in [0.29, 0.717) is 29.8 Å². The molecule has 0 saturated carbocycles. The zero-order valence-corrected chi connectivity index (χ0v) is 10.9. The molecule has 1 aromatic heterocycles. The fourth-order valence-corrected chi connectivity index (χ4v) is 1.74. The smallest absolute Gasteiger partial charge is 0.243 e. The highest BCUT2D eigenvalue weighted by molar-refractivity contribution is 6.29. The average molecular weight is 280 g/mol. The highest BCUT2D eigenvalue weighted by Gasteiger charge is 2.20. The largest absolute Gasteiger partial charge is 0.392 e. The van der Waals surface area contributed by atoms with Gasteiger partial charge >= 0.3 is 0 Å². The van der Waals surface area contributed by atoms with Crippen LogP contribution in [0.15, 0.2) is 0 Å². The van der Waals surface area contributed by atoms with E-state index < -0.39 is 0 Å². The number of aryl methyl sites for hydroxylation is 1. The van der Waals surface area contributed by atoms with Gasteiger partial charge in [0.15, 0.2) is 5.15 Å². The van der Waals surface area contributed by atoms with Gasteiger partial charge in [0.2, 0.25) is 5.95 Å². The van der Waals surface area contributed by atoms with Crippen LogP contribution in [-0.2, 0) is 0 Å². The molecule has 1 aromatic rings. The zero-order valence-electron chi connectivity index (χ0n) is 9.35.